The van der Waals surface area contributed by atoms with E-state index in [1.807, 2.05) is 0 Å². The second-order valence-corrected chi connectivity index (χ2v) is 6.43. The Kier molecular flexibility index (Phi) is 4.24. The van der Waals surface area contributed by atoms with E-state index in [0.29, 0.717) is 23.4 Å². The molecule has 2 aromatic heterocycles. The molecule has 3 heterocycles. The molecule has 1 aliphatic rings. The van der Waals surface area contributed by atoms with Crippen LogP contribution < -0.4 is 5.32 Å². The number of benzene rings is 1. The summed E-state index contributed by atoms with van der Waals surface area (Å²) in [6.07, 6.45) is 6.54. The summed E-state index contributed by atoms with van der Waals surface area (Å²) in [6.45, 7) is 3.01. The molecule has 0 atom stereocenters. The zero-order valence-electron chi connectivity index (χ0n) is 14.4. The number of aromatic nitrogens is 5. The second kappa shape index (κ2) is 6.70. The molecular weight excluding hydrogens is 335 g/mol. The molecule has 3 aromatic rings. The van der Waals surface area contributed by atoms with Gasteiger partial charge in [0.15, 0.2) is 5.82 Å². The third-order valence-electron chi connectivity index (χ3n) is 4.64. The molecule has 7 nitrogen and oxygen atoms in total. The minimum atomic E-state index is -0.398. The van der Waals surface area contributed by atoms with Crippen molar-refractivity contribution in [3.05, 3.63) is 59.2 Å². The fourth-order valence-electron chi connectivity index (χ4n) is 3.20. The van der Waals surface area contributed by atoms with E-state index in [9.17, 15) is 9.18 Å². The summed E-state index contributed by atoms with van der Waals surface area (Å²) in [5.41, 5.74) is 1.19. The van der Waals surface area contributed by atoms with Crippen molar-refractivity contribution in [2.45, 2.75) is 39.3 Å². The zero-order chi connectivity index (χ0) is 18.1. The molecule has 0 bridgehead atoms. The number of anilines is 1. The molecular formula is C18H19FN6O. The highest BCUT2D eigenvalue weighted by Gasteiger charge is 2.17. The third kappa shape index (κ3) is 3.10. The quantitative estimate of drug-likeness (QED) is 0.781. The summed E-state index contributed by atoms with van der Waals surface area (Å²) >= 11 is 0. The lowest BCUT2D eigenvalue weighted by Gasteiger charge is -2.14. The van der Waals surface area contributed by atoms with Gasteiger partial charge >= 0.3 is 0 Å². The summed E-state index contributed by atoms with van der Waals surface area (Å²) in [5, 5.41) is 15.5. The highest BCUT2D eigenvalue weighted by molar-refractivity contribution is 6.05. The number of carbonyl (C=O) groups is 1. The van der Waals surface area contributed by atoms with Crippen LogP contribution in [0.1, 0.15) is 40.4 Å². The molecule has 0 radical (unpaired) electrons. The van der Waals surface area contributed by atoms with Crippen molar-refractivity contribution in [2.24, 2.45) is 0 Å². The lowest BCUT2D eigenvalue weighted by atomic mass is 10.1. The van der Waals surface area contributed by atoms with E-state index in [4.69, 9.17) is 0 Å². The van der Waals surface area contributed by atoms with Gasteiger partial charge in [0, 0.05) is 24.7 Å². The largest absolute Gasteiger partial charge is 0.319 e. The van der Waals surface area contributed by atoms with Gasteiger partial charge < -0.3 is 9.88 Å². The van der Waals surface area contributed by atoms with E-state index in [2.05, 4.69) is 25.2 Å². The van der Waals surface area contributed by atoms with Gasteiger partial charge in [-0.15, -0.1) is 10.2 Å². The Labute approximate surface area is 149 Å². The SMILES string of the molecule is Cc1c(F)cccc1C(=O)Nc1cnn(Cc2nnc3n2CCCC3)c1. The molecule has 0 saturated heterocycles. The molecule has 134 valence electrons. The lowest BCUT2D eigenvalue weighted by molar-refractivity contribution is 0.102. The first kappa shape index (κ1) is 16.4. The van der Waals surface area contributed by atoms with Crippen molar-refractivity contribution in [1.29, 1.82) is 0 Å². The Morgan fingerprint density at radius 3 is 3.08 bits per heavy atom. The Morgan fingerprint density at radius 1 is 1.31 bits per heavy atom. The summed E-state index contributed by atoms with van der Waals surface area (Å²) in [5.74, 6) is 1.13. The summed E-state index contributed by atoms with van der Waals surface area (Å²) in [7, 11) is 0. The summed E-state index contributed by atoms with van der Waals surface area (Å²) < 4.78 is 17.5. The van der Waals surface area contributed by atoms with E-state index in [1.54, 1.807) is 30.1 Å². The average molecular weight is 354 g/mol. The van der Waals surface area contributed by atoms with Crippen molar-refractivity contribution in [2.75, 3.05) is 5.32 Å². The number of nitrogens with zero attached hydrogens (tertiary/aromatic N) is 5. The van der Waals surface area contributed by atoms with Crippen LogP contribution in [0.2, 0.25) is 0 Å². The number of hydrogen-bond donors (Lipinski definition) is 1. The average Bonchev–Trinajstić information content (AvgIpc) is 3.25. The number of hydrogen-bond acceptors (Lipinski definition) is 4. The second-order valence-electron chi connectivity index (χ2n) is 6.43. The molecule has 8 heteroatoms. The predicted molar refractivity (Wildman–Crippen MR) is 93.4 cm³/mol. The van der Waals surface area contributed by atoms with Gasteiger partial charge in [0.25, 0.3) is 5.91 Å². The molecule has 0 fully saturated rings. The van der Waals surface area contributed by atoms with Gasteiger partial charge in [-0.3, -0.25) is 9.48 Å². The maximum Gasteiger partial charge on any atom is 0.256 e. The number of halogens is 1. The number of carbonyl (C=O) groups excluding carboxylic acids is 1. The van der Waals surface area contributed by atoms with E-state index in [-0.39, 0.29) is 5.91 Å². The van der Waals surface area contributed by atoms with Gasteiger partial charge in [0.2, 0.25) is 0 Å². The van der Waals surface area contributed by atoms with Crippen molar-refractivity contribution in [1.82, 2.24) is 24.5 Å². The fourth-order valence-corrected chi connectivity index (χ4v) is 3.20. The van der Waals surface area contributed by atoms with Crippen molar-refractivity contribution in [3.63, 3.8) is 0 Å². The molecule has 1 N–H and O–H groups in total. The van der Waals surface area contributed by atoms with Gasteiger partial charge in [-0.25, -0.2) is 4.39 Å². The highest BCUT2D eigenvalue weighted by Crippen LogP contribution is 2.17. The van der Waals surface area contributed by atoms with Gasteiger partial charge in [0.05, 0.1) is 11.9 Å². The van der Waals surface area contributed by atoms with Crippen LogP contribution in [0.5, 0.6) is 0 Å². The van der Waals surface area contributed by atoms with Gasteiger partial charge in [-0.1, -0.05) is 6.07 Å². The highest BCUT2D eigenvalue weighted by atomic mass is 19.1. The minimum absolute atomic E-state index is 0.310. The smallest absolute Gasteiger partial charge is 0.256 e. The lowest BCUT2D eigenvalue weighted by Crippen LogP contribution is -2.15. The van der Waals surface area contributed by atoms with Crippen LogP contribution in [0.3, 0.4) is 0 Å². The molecule has 0 saturated carbocycles. The maximum absolute atomic E-state index is 13.6. The number of amides is 1. The van der Waals surface area contributed by atoms with Crippen LogP contribution in [0.4, 0.5) is 10.1 Å². The van der Waals surface area contributed by atoms with Crippen molar-refractivity contribution < 1.29 is 9.18 Å². The van der Waals surface area contributed by atoms with Crippen LogP contribution in [-0.2, 0) is 19.5 Å². The molecule has 1 aromatic carbocycles. The summed E-state index contributed by atoms with van der Waals surface area (Å²) in [6, 6.07) is 4.46. The Bertz CT molecular complexity index is 960. The minimum Gasteiger partial charge on any atom is -0.319 e. The maximum atomic E-state index is 13.6. The first-order valence-electron chi connectivity index (χ1n) is 8.61. The number of fused-ring (bicyclic) bond motifs is 1. The van der Waals surface area contributed by atoms with Crippen LogP contribution in [-0.4, -0.2) is 30.5 Å². The van der Waals surface area contributed by atoms with E-state index in [1.165, 1.54) is 12.1 Å². The van der Waals surface area contributed by atoms with Crippen molar-refractivity contribution >= 4 is 11.6 Å². The van der Waals surface area contributed by atoms with Gasteiger partial charge in [0.1, 0.15) is 18.2 Å². The topological polar surface area (TPSA) is 77.6 Å². The van der Waals surface area contributed by atoms with E-state index in [0.717, 1.165) is 37.5 Å². The molecule has 0 aliphatic carbocycles. The van der Waals surface area contributed by atoms with E-state index < -0.39 is 5.82 Å². The number of aryl methyl sites for hydroxylation is 1. The van der Waals surface area contributed by atoms with Gasteiger partial charge in [-0.2, -0.15) is 5.10 Å². The Hall–Kier alpha value is -3.03. The molecule has 0 spiro atoms. The molecule has 26 heavy (non-hydrogen) atoms. The standard InChI is InChI=1S/C18H19FN6O/c1-12-14(5-4-6-15(12)19)18(26)21-13-9-20-24(10-13)11-17-23-22-16-7-2-3-8-25(16)17/h4-6,9-10H,2-3,7-8,11H2,1H3,(H,21,26). The molecule has 1 amide bonds. The van der Waals surface area contributed by atoms with Crippen LogP contribution in [0.25, 0.3) is 0 Å². The number of rotatable bonds is 4. The zero-order valence-corrected chi connectivity index (χ0v) is 14.4. The first-order valence-corrected chi connectivity index (χ1v) is 8.61. The normalized spacial score (nSPS) is 13.5. The predicted octanol–water partition coefficient (Wildman–Crippen LogP) is 2.56. The van der Waals surface area contributed by atoms with Gasteiger partial charge in [-0.05, 0) is 37.5 Å². The molecule has 1 aliphatic heterocycles. The monoisotopic (exact) mass is 354 g/mol. The summed E-state index contributed by atoms with van der Waals surface area (Å²) in [4.78, 5) is 12.4. The van der Waals surface area contributed by atoms with Crippen LogP contribution >= 0.6 is 0 Å². The number of nitrogens with one attached hydrogen (secondary N) is 1. The molecule has 4 rings (SSSR count). The Balaban J connectivity index is 1.47. The molecule has 0 unspecified atom stereocenters. The van der Waals surface area contributed by atoms with E-state index >= 15 is 0 Å². The van der Waals surface area contributed by atoms with Crippen LogP contribution in [0, 0.1) is 12.7 Å². The Morgan fingerprint density at radius 2 is 2.19 bits per heavy atom. The fraction of sp³-hybridized carbons (Fsp3) is 0.333. The third-order valence-corrected chi connectivity index (χ3v) is 4.64. The van der Waals surface area contributed by atoms with Crippen LogP contribution in [0.15, 0.2) is 30.6 Å². The first-order chi connectivity index (χ1) is 12.6. The van der Waals surface area contributed by atoms with Crippen molar-refractivity contribution in [3.8, 4) is 0 Å².